The fourth-order valence-electron chi connectivity index (χ4n) is 7.63. The minimum Gasteiger partial charge on any atom is -0.458 e. The molecule has 0 fully saturated rings. The van der Waals surface area contributed by atoms with Crippen LogP contribution >= 0.6 is 0 Å². The number of ether oxygens (including phenoxy) is 1. The van der Waals surface area contributed by atoms with Crippen LogP contribution in [0.3, 0.4) is 0 Å². The minimum absolute atomic E-state index is 0.0145. The van der Waals surface area contributed by atoms with Gasteiger partial charge in [0.05, 0.1) is 40.3 Å². The van der Waals surface area contributed by atoms with Gasteiger partial charge in [0.25, 0.3) is 6.71 Å². The average molecular weight is 603 g/mol. The van der Waals surface area contributed by atoms with Crippen LogP contribution in [0.5, 0.6) is 11.5 Å². The van der Waals surface area contributed by atoms with Crippen LogP contribution in [0, 0.1) is 0 Å². The third-order valence-corrected chi connectivity index (χ3v) is 9.47. The summed E-state index contributed by atoms with van der Waals surface area (Å²) in [5.41, 5.74) is 13.3. The normalized spacial score (nSPS) is 13.5. The highest BCUT2D eigenvalue weighted by Gasteiger charge is 2.46. The van der Waals surface area contributed by atoms with Crippen molar-refractivity contribution in [3.8, 4) is 11.5 Å². The molecule has 0 aliphatic carbocycles. The first-order valence-corrected chi connectivity index (χ1v) is 15.9. The van der Waals surface area contributed by atoms with Crippen molar-refractivity contribution >= 4 is 74.3 Å². The molecule has 0 radical (unpaired) electrons. The van der Waals surface area contributed by atoms with Crippen molar-refractivity contribution in [3.63, 3.8) is 0 Å². The summed E-state index contributed by atoms with van der Waals surface area (Å²) in [7, 11) is 0. The van der Waals surface area contributed by atoms with E-state index in [2.05, 4.69) is 165 Å². The molecular weight excluding hydrogens is 575 g/mol. The lowest BCUT2D eigenvalue weighted by atomic mass is 9.34. The van der Waals surface area contributed by atoms with Gasteiger partial charge in [-0.05, 0) is 77.1 Å². The summed E-state index contributed by atoms with van der Waals surface area (Å²) in [4.78, 5) is 11.8. The first-order chi connectivity index (χ1) is 23.4. The second-order valence-corrected chi connectivity index (χ2v) is 12.0. The van der Waals surface area contributed by atoms with E-state index in [0.29, 0.717) is 0 Å². The molecule has 5 nitrogen and oxygen atoms in total. The summed E-state index contributed by atoms with van der Waals surface area (Å²) < 4.78 is 6.92. The Hall–Kier alpha value is -6.27. The van der Waals surface area contributed by atoms with Crippen LogP contribution in [0.1, 0.15) is 0 Å². The van der Waals surface area contributed by atoms with Crippen molar-refractivity contribution in [2.24, 2.45) is 0 Å². The molecule has 220 valence electrons. The SMILES string of the molecule is c1ccc(N2c3ccccc3N(c3ccccc3)c3c2cc2c4c3N(c3cccnc3)c3ccccc3B4c3ccccc3O2)cc1. The maximum absolute atomic E-state index is 6.92. The van der Waals surface area contributed by atoms with Crippen LogP contribution in [-0.2, 0) is 0 Å². The third-order valence-electron chi connectivity index (χ3n) is 9.47. The smallest absolute Gasteiger partial charge is 0.256 e. The van der Waals surface area contributed by atoms with E-state index in [0.717, 1.165) is 68.1 Å². The van der Waals surface area contributed by atoms with Crippen LogP contribution in [0.15, 0.2) is 164 Å². The molecule has 0 atom stereocenters. The van der Waals surface area contributed by atoms with Crippen LogP contribution in [-0.4, -0.2) is 11.7 Å². The Kier molecular flexibility index (Phi) is 5.60. The van der Waals surface area contributed by atoms with Gasteiger partial charge in [-0.25, -0.2) is 0 Å². The molecule has 0 amide bonds. The first-order valence-electron chi connectivity index (χ1n) is 15.9. The van der Waals surface area contributed by atoms with Crippen LogP contribution in [0.25, 0.3) is 0 Å². The van der Waals surface area contributed by atoms with Gasteiger partial charge in [0.15, 0.2) is 0 Å². The highest BCUT2D eigenvalue weighted by molar-refractivity contribution is 6.99. The molecule has 3 aliphatic heterocycles. The third kappa shape index (κ3) is 3.76. The van der Waals surface area contributed by atoms with Crippen molar-refractivity contribution in [2.45, 2.75) is 0 Å². The van der Waals surface area contributed by atoms with Gasteiger partial charge in [0.2, 0.25) is 0 Å². The Labute approximate surface area is 273 Å². The predicted molar refractivity (Wildman–Crippen MR) is 193 cm³/mol. The largest absolute Gasteiger partial charge is 0.458 e. The van der Waals surface area contributed by atoms with E-state index in [1.54, 1.807) is 0 Å². The van der Waals surface area contributed by atoms with Gasteiger partial charge in [-0.2, -0.15) is 0 Å². The minimum atomic E-state index is -0.0145. The molecule has 6 aromatic carbocycles. The predicted octanol–water partition coefficient (Wildman–Crippen LogP) is 8.74. The number of benzene rings is 6. The molecule has 1 aromatic heterocycles. The van der Waals surface area contributed by atoms with Gasteiger partial charge in [0.1, 0.15) is 11.5 Å². The lowest BCUT2D eigenvalue weighted by Gasteiger charge is -2.47. The lowest BCUT2D eigenvalue weighted by molar-refractivity contribution is 0.487. The standard InChI is InChI=1S/C41H27BN4O/c1-3-14-28(15-4-1)44-34-22-10-11-23-35(34)45(29-16-5-2-6-17-29)40-36(44)26-38-39-41(40)46(30-18-13-25-43-27-30)33-21-9-7-19-31(33)42(39)32-20-8-12-24-37(32)47-38/h1-27H. The van der Waals surface area contributed by atoms with Gasteiger partial charge in [-0.3, -0.25) is 4.98 Å². The molecule has 4 heterocycles. The molecule has 3 aliphatic rings. The van der Waals surface area contributed by atoms with E-state index in [-0.39, 0.29) is 6.71 Å². The van der Waals surface area contributed by atoms with Crippen molar-refractivity contribution in [3.05, 3.63) is 164 Å². The van der Waals surface area contributed by atoms with Crippen LogP contribution in [0.4, 0.5) is 51.2 Å². The zero-order valence-corrected chi connectivity index (χ0v) is 25.4. The van der Waals surface area contributed by atoms with Gasteiger partial charge in [0, 0.05) is 29.3 Å². The highest BCUT2D eigenvalue weighted by atomic mass is 16.5. The lowest BCUT2D eigenvalue weighted by Crippen LogP contribution is -2.59. The Morgan fingerprint density at radius 1 is 0.447 bits per heavy atom. The van der Waals surface area contributed by atoms with E-state index >= 15 is 0 Å². The molecule has 10 rings (SSSR count). The van der Waals surface area contributed by atoms with Crippen LogP contribution in [0.2, 0.25) is 0 Å². The van der Waals surface area contributed by atoms with Crippen molar-refractivity contribution < 1.29 is 4.74 Å². The second kappa shape index (κ2) is 10.1. The number of rotatable bonds is 3. The summed E-state index contributed by atoms with van der Waals surface area (Å²) in [6.07, 6.45) is 3.79. The summed E-state index contributed by atoms with van der Waals surface area (Å²) in [5, 5.41) is 0. The quantitative estimate of drug-likeness (QED) is 0.189. The highest BCUT2D eigenvalue weighted by Crippen LogP contribution is 2.60. The summed E-state index contributed by atoms with van der Waals surface area (Å²) in [5.74, 6) is 1.75. The number of hydrogen-bond acceptors (Lipinski definition) is 5. The number of para-hydroxylation sites is 6. The molecule has 6 heteroatoms. The Balaban J connectivity index is 1.39. The zero-order chi connectivity index (χ0) is 30.9. The van der Waals surface area contributed by atoms with E-state index in [1.165, 1.54) is 10.9 Å². The molecule has 0 bridgehead atoms. The molecule has 47 heavy (non-hydrogen) atoms. The fourth-order valence-corrected chi connectivity index (χ4v) is 7.63. The van der Waals surface area contributed by atoms with Crippen molar-refractivity contribution in [2.75, 3.05) is 14.7 Å². The number of aromatic nitrogens is 1. The maximum Gasteiger partial charge on any atom is 0.256 e. The summed E-state index contributed by atoms with van der Waals surface area (Å²) >= 11 is 0. The molecule has 0 saturated heterocycles. The molecular formula is C41H27BN4O. The number of hydrogen-bond donors (Lipinski definition) is 0. The van der Waals surface area contributed by atoms with Gasteiger partial charge in [-0.15, -0.1) is 0 Å². The van der Waals surface area contributed by atoms with Crippen molar-refractivity contribution in [1.29, 1.82) is 0 Å². The van der Waals surface area contributed by atoms with Gasteiger partial charge in [-0.1, -0.05) is 84.9 Å². The second-order valence-electron chi connectivity index (χ2n) is 12.0. The summed E-state index contributed by atoms with van der Waals surface area (Å²) in [6, 6.07) is 53.7. The fraction of sp³-hybridized carbons (Fsp3) is 0. The number of fused-ring (bicyclic) bond motifs is 7. The monoisotopic (exact) mass is 602 g/mol. The topological polar surface area (TPSA) is 31.8 Å². The Morgan fingerprint density at radius 3 is 1.74 bits per heavy atom. The number of nitrogens with zero attached hydrogens (tertiary/aromatic N) is 4. The molecule has 7 aromatic rings. The van der Waals surface area contributed by atoms with E-state index < -0.39 is 0 Å². The average Bonchev–Trinajstić information content (AvgIpc) is 3.14. The number of anilines is 9. The molecule has 0 N–H and O–H groups in total. The molecule has 0 spiro atoms. The molecule has 0 saturated carbocycles. The Morgan fingerprint density at radius 2 is 1.02 bits per heavy atom. The first kappa shape index (κ1) is 26.0. The van der Waals surface area contributed by atoms with E-state index in [9.17, 15) is 0 Å². The van der Waals surface area contributed by atoms with Gasteiger partial charge >= 0.3 is 0 Å². The maximum atomic E-state index is 6.92. The van der Waals surface area contributed by atoms with E-state index in [4.69, 9.17) is 4.74 Å². The zero-order valence-electron chi connectivity index (χ0n) is 25.4. The Bertz CT molecular complexity index is 2310. The number of pyridine rings is 1. The van der Waals surface area contributed by atoms with Crippen molar-refractivity contribution in [1.82, 2.24) is 4.98 Å². The molecule has 0 unspecified atom stereocenters. The van der Waals surface area contributed by atoms with E-state index in [1.807, 2.05) is 18.5 Å². The van der Waals surface area contributed by atoms with Gasteiger partial charge < -0.3 is 19.4 Å². The summed E-state index contributed by atoms with van der Waals surface area (Å²) in [6.45, 7) is -0.0145. The van der Waals surface area contributed by atoms with Crippen LogP contribution < -0.4 is 35.8 Å².